The Bertz CT molecular complexity index is 773. The number of nitrogens with one attached hydrogen (secondary N) is 2. The van der Waals surface area contributed by atoms with Gasteiger partial charge in [0.15, 0.2) is 0 Å². The lowest BCUT2D eigenvalue weighted by Gasteiger charge is -2.16. The van der Waals surface area contributed by atoms with E-state index >= 15 is 0 Å². The maximum Gasteiger partial charge on any atom is 0.253 e. The minimum atomic E-state index is -0.224. The molecule has 130 valence electrons. The van der Waals surface area contributed by atoms with E-state index in [0.29, 0.717) is 22.7 Å². The largest absolute Gasteiger partial charge is 0.349 e. The van der Waals surface area contributed by atoms with Gasteiger partial charge in [-0.3, -0.25) is 9.59 Å². The molecule has 1 fully saturated rings. The van der Waals surface area contributed by atoms with E-state index in [1.54, 1.807) is 18.2 Å². The predicted molar refractivity (Wildman–Crippen MR) is 100 cm³/mol. The zero-order valence-corrected chi connectivity index (χ0v) is 14.8. The fourth-order valence-corrected chi connectivity index (χ4v) is 3.02. The number of hydrogen-bond donors (Lipinski definition) is 2. The van der Waals surface area contributed by atoms with Crippen LogP contribution in [0, 0.1) is 0 Å². The van der Waals surface area contributed by atoms with Crippen molar-refractivity contribution in [3.8, 4) is 0 Å². The number of halogens is 1. The third-order valence-electron chi connectivity index (χ3n) is 4.32. The Morgan fingerprint density at radius 3 is 2.48 bits per heavy atom. The lowest BCUT2D eigenvalue weighted by atomic mass is 9.95. The van der Waals surface area contributed by atoms with Gasteiger partial charge in [0.2, 0.25) is 5.91 Å². The number of amides is 2. The van der Waals surface area contributed by atoms with Gasteiger partial charge in [-0.2, -0.15) is 0 Å². The van der Waals surface area contributed by atoms with Crippen LogP contribution in [0.5, 0.6) is 0 Å². The molecule has 0 radical (unpaired) electrons. The van der Waals surface area contributed by atoms with E-state index in [1.807, 2.05) is 37.3 Å². The average molecular weight is 357 g/mol. The summed E-state index contributed by atoms with van der Waals surface area (Å²) in [6, 6.07) is 14.9. The van der Waals surface area contributed by atoms with E-state index in [9.17, 15) is 9.59 Å². The molecule has 0 heterocycles. The molecule has 2 N–H and O–H groups in total. The third kappa shape index (κ3) is 4.40. The molecule has 1 saturated carbocycles. The number of rotatable bonds is 6. The Morgan fingerprint density at radius 1 is 1.16 bits per heavy atom. The molecule has 2 aromatic rings. The van der Waals surface area contributed by atoms with E-state index in [4.69, 9.17) is 11.6 Å². The zero-order valence-electron chi connectivity index (χ0n) is 14.1. The van der Waals surface area contributed by atoms with Crippen molar-refractivity contribution in [2.45, 2.75) is 38.1 Å². The van der Waals surface area contributed by atoms with Crippen LogP contribution >= 0.6 is 11.6 Å². The highest BCUT2D eigenvalue weighted by molar-refractivity contribution is 6.34. The molecule has 3 rings (SSSR count). The van der Waals surface area contributed by atoms with E-state index in [0.717, 1.165) is 18.4 Å². The summed E-state index contributed by atoms with van der Waals surface area (Å²) in [4.78, 5) is 24.7. The molecule has 4 nitrogen and oxygen atoms in total. The molecule has 0 unspecified atom stereocenters. The Kier molecular flexibility index (Phi) is 5.39. The standard InChI is InChI=1S/C20H21ClN2O2/c1-2-16(13-6-4-3-5-7-13)19(24)23-15-10-11-17(18(21)12-15)20(25)22-14-8-9-14/h3-7,10-12,14,16H,2,8-9H2,1H3,(H,22,25)(H,23,24)/t16-/m0/s1. The molecule has 5 heteroatoms. The van der Waals surface area contributed by atoms with Crippen LogP contribution in [-0.2, 0) is 4.79 Å². The van der Waals surface area contributed by atoms with Gasteiger partial charge in [-0.15, -0.1) is 0 Å². The monoisotopic (exact) mass is 356 g/mol. The molecular weight excluding hydrogens is 336 g/mol. The van der Waals surface area contributed by atoms with Crippen LogP contribution in [0.25, 0.3) is 0 Å². The minimum Gasteiger partial charge on any atom is -0.349 e. The number of benzene rings is 2. The van der Waals surface area contributed by atoms with Gasteiger partial charge in [0, 0.05) is 11.7 Å². The molecule has 0 bridgehead atoms. The minimum absolute atomic E-state index is 0.0834. The second-order valence-corrected chi connectivity index (χ2v) is 6.71. The molecule has 1 aliphatic carbocycles. The first-order valence-electron chi connectivity index (χ1n) is 8.54. The van der Waals surface area contributed by atoms with Crippen LogP contribution < -0.4 is 10.6 Å². The lowest BCUT2D eigenvalue weighted by molar-refractivity contribution is -0.117. The Labute approximate surface area is 152 Å². The highest BCUT2D eigenvalue weighted by atomic mass is 35.5. The van der Waals surface area contributed by atoms with Gasteiger partial charge < -0.3 is 10.6 Å². The van der Waals surface area contributed by atoms with Crippen molar-refractivity contribution in [3.05, 3.63) is 64.7 Å². The topological polar surface area (TPSA) is 58.2 Å². The first-order valence-corrected chi connectivity index (χ1v) is 8.92. The van der Waals surface area contributed by atoms with Crippen LogP contribution in [0.3, 0.4) is 0 Å². The summed E-state index contributed by atoms with van der Waals surface area (Å²) in [7, 11) is 0. The first kappa shape index (κ1) is 17.5. The van der Waals surface area contributed by atoms with Gasteiger partial charge in [0.25, 0.3) is 5.91 Å². The summed E-state index contributed by atoms with van der Waals surface area (Å²) in [6.07, 6.45) is 2.75. The lowest BCUT2D eigenvalue weighted by Crippen LogP contribution is -2.25. The highest BCUT2D eigenvalue weighted by Crippen LogP contribution is 2.26. The SMILES string of the molecule is CC[C@H](C(=O)Nc1ccc(C(=O)NC2CC2)c(Cl)c1)c1ccccc1. The second-order valence-electron chi connectivity index (χ2n) is 6.30. The number of hydrogen-bond acceptors (Lipinski definition) is 2. The highest BCUT2D eigenvalue weighted by Gasteiger charge is 2.25. The average Bonchev–Trinajstić information content (AvgIpc) is 3.40. The summed E-state index contributed by atoms with van der Waals surface area (Å²) in [5.41, 5.74) is 2.00. The smallest absolute Gasteiger partial charge is 0.253 e. The molecule has 2 amide bonds. The zero-order chi connectivity index (χ0) is 17.8. The molecule has 0 spiro atoms. The van der Waals surface area contributed by atoms with Crippen molar-refractivity contribution >= 4 is 29.1 Å². The van der Waals surface area contributed by atoms with E-state index < -0.39 is 0 Å². The molecule has 0 aromatic heterocycles. The molecule has 1 atom stereocenters. The van der Waals surface area contributed by atoms with Crippen molar-refractivity contribution in [2.24, 2.45) is 0 Å². The maximum atomic E-state index is 12.6. The number of carbonyl (C=O) groups excluding carboxylic acids is 2. The summed E-state index contributed by atoms with van der Waals surface area (Å²) >= 11 is 6.23. The fraction of sp³-hybridized carbons (Fsp3) is 0.300. The molecular formula is C20H21ClN2O2. The number of carbonyl (C=O) groups is 2. The quantitative estimate of drug-likeness (QED) is 0.807. The van der Waals surface area contributed by atoms with Crippen molar-refractivity contribution in [2.75, 3.05) is 5.32 Å². The summed E-state index contributed by atoms with van der Waals surface area (Å²) in [5, 5.41) is 6.14. The summed E-state index contributed by atoms with van der Waals surface area (Å²) in [5.74, 6) is -0.473. The van der Waals surface area contributed by atoms with Gasteiger partial charge in [-0.25, -0.2) is 0 Å². The number of anilines is 1. The Morgan fingerprint density at radius 2 is 1.88 bits per heavy atom. The second kappa shape index (κ2) is 7.70. The maximum absolute atomic E-state index is 12.6. The normalized spacial score (nSPS) is 14.6. The van der Waals surface area contributed by atoms with Crippen molar-refractivity contribution in [1.29, 1.82) is 0 Å². The van der Waals surface area contributed by atoms with Gasteiger partial charge in [0.1, 0.15) is 0 Å². The van der Waals surface area contributed by atoms with Crippen LogP contribution in [0.15, 0.2) is 48.5 Å². The van der Waals surface area contributed by atoms with Gasteiger partial charge in [-0.1, -0.05) is 48.9 Å². The summed E-state index contributed by atoms with van der Waals surface area (Å²) in [6.45, 7) is 1.98. The van der Waals surface area contributed by atoms with Crippen molar-refractivity contribution < 1.29 is 9.59 Å². The third-order valence-corrected chi connectivity index (χ3v) is 4.63. The van der Waals surface area contributed by atoms with Crippen LogP contribution in [-0.4, -0.2) is 17.9 Å². The summed E-state index contributed by atoms with van der Waals surface area (Å²) < 4.78 is 0. The van der Waals surface area contributed by atoms with Crippen molar-refractivity contribution in [1.82, 2.24) is 5.32 Å². The van der Waals surface area contributed by atoms with E-state index in [1.165, 1.54) is 0 Å². The van der Waals surface area contributed by atoms with Crippen LogP contribution in [0.4, 0.5) is 5.69 Å². The van der Waals surface area contributed by atoms with Crippen LogP contribution in [0.1, 0.15) is 48.0 Å². The predicted octanol–water partition coefficient (Wildman–Crippen LogP) is 4.36. The van der Waals surface area contributed by atoms with E-state index in [2.05, 4.69) is 10.6 Å². The van der Waals surface area contributed by atoms with Gasteiger partial charge >= 0.3 is 0 Å². The van der Waals surface area contributed by atoms with Gasteiger partial charge in [0.05, 0.1) is 16.5 Å². The molecule has 1 aliphatic rings. The first-order chi connectivity index (χ1) is 12.1. The fourth-order valence-electron chi connectivity index (χ4n) is 2.76. The molecule has 0 aliphatic heterocycles. The Hall–Kier alpha value is -2.33. The van der Waals surface area contributed by atoms with Crippen LogP contribution in [0.2, 0.25) is 5.02 Å². The molecule has 25 heavy (non-hydrogen) atoms. The molecule has 2 aromatic carbocycles. The van der Waals surface area contributed by atoms with Crippen molar-refractivity contribution in [3.63, 3.8) is 0 Å². The Balaban J connectivity index is 1.70. The van der Waals surface area contributed by atoms with E-state index in [-0.39, 0.29) is 23.8 Å². The van der Waals surface area contributed by atoms with Gasteiger partial charge in [-0.05, 0) is 43.0 Å². The molecule has 0 saturated heterocycles.